The molecule has 0 aliphatic rings. The minimum atomic E-state index is -4.25. The summed E-state index contributed by atoms with van der Waals surface area (Å²) in [4.78, 5) is 11.5. The standard InChI is InChI=1S/C15H14F2N2O3S/c1-9-6-7-10(8-11(9)15(20)18-2)23(21,22)19-14-12(16)4-3-5-13(14)17/h3-8,19H,1-2H3,(H,18,20). The quantitative estimate of drug-likeness (QED) is 0.898. The number of carbonyl (C=O) groups excluding carboxylic acids is 1. The van der Waals surface area contributed by atoms with Gasteiger partial charge in [0.2, 0.25) is 0 Å². The van der Waals surface area contributed by atoms with Crippen molar-refractivity contribution >= 4 is 21.6 Å². The minimum Gasteiger partial charge on any atom is -0.355 e. The van der Waals surface area contributed by atoms with Crippen molar-refractivity contribution < 1.29 is 22.0 Å². The Kier molecular flexibility index (Phi) is 4.65. The average Bonchev–Trinajstić information content (AvgIpc) is 2.50. The van der Waals surface area contributed by atoms with Gasteiger partial charge in [-0.25, -0.2) is 17.2 Å². The molecule has 2 rings (SSSR count). The highest BCUT2D eigenvalue weighted by Gasteiger charge is 2.21. The third kappa shape index (κ3) is 3.48. The largest absolute Gasteiger partial charge is 0.355 e. The van der Waals surface area contributed by atoms with E-state index in [1.54, 1.807) is 6.92 Å². The number of halogens is 2. The molecule has 0 saturated heterocycles. The molecule has 0 aliphatic heterocycles. The number of anilines is 1. The fourth-order valence-electron chi connectivity index (χ4n) is 1.94. The summed E-state index contributed by atoms with van der Waals surface area (Å²) < 4.78 is 53.7. The van der Waals surface area contributed by atoms with Crippen molar-refractivity contribution in [2.45, 2.75) is 11.8 Å². The smallest absolute Gasteiger partial charge is 0.262 e. The SMILES string of the molecule is CNC(=O)c1cc(S(=O)(=O)Nc2c(F)cccc2F)ccc1C. The molecule has 0 aromatic heterocycles. The number of aryl methyl sites for hydroxylation is 1. The number of hydrogen-bond donors (Lipinski definition) is 2. The van der Waals surface area contributed by atoms with E-state index in [9.17, 15) is 22.0 Å². The van der Waals surface area contributed by atoms with Crippen LogP contribution in [0.4, 0.5) is 14.5 Å². The fourth-order valence-corrected chi connectivity index (χ4v) is 3.04. The van der Waals surface area contributed by atoms with Crippen molar-refractivity contribution in [3.63, 3.8) is 0 Å². The summed E-state index contributed by atoms with van der Waals surface area (Å²) >= 11 is 0. The zero-order valence-corrected chi connectivity index (χ0v) is 13.2. The summed E-state index contributed by atoms with van der Waals surface area (Å²) in [6.07, 6.45) is 0. The molecule has 2 N–H and O–H groups in total. The lowest BCUT2D eigenvalue weighted by Gasteiger charge is -2.12. The first-order valence-electron chi connectivity index (χ1n) is 6.56. The Morgan fingerprint density at radius 2 is 1.70 bits per heavy atom. The summed E-state index contributed by atoms with van der Waals surface area (Å²) in [5.74, 6) is -2.53. The number of benzene rings is 2. The number of para-hydroxylation sites is 1. The van der Waals surface area contributed by atoms with Crippen molar-refractivity contribution in [2.75, 3.05) is 11.8 Å². The number of carbonyl (C=O) groups is 1. The molecule has 2 aromatic rings. The summed E-state index contributed by atoms with van der Waals surface area (Å²) in [7, 11) is -2.84. The first-order valence-corrected chi connectivity index (χ1v) is 8.04. The molecule has 0 aliphatic carbocycles. The third-order valence-corrected chi connectivity index (χ3v) is 4.54. The lowest BCUT2D eigenvalue weighted by atomic mass is 10.1. The Morgan fingerprint density at radius 1 is 1.09 bits per heavy atom. The third-order valence-electron chi connectivity index (χ3n) is 3.19. The molecule has 0 atom stereocenters. The minimum absolute atomic E-state index is 0.157. The van der Waals surface area contributed by atoms with E-state index < -0.39 is 33.3 Å². The first kappa shape index (κ1) is 16.9. The van der Waals surface area contributed by atoms with Crippen molar-refractivity contribution in [1.29, 1.82) is 0 Å². The number of sulfonamides is 1. The highest BCUT2D eigenvalue weighted by Crippen LogP contribution is 2.23. The zero-order valence-electron chi connectivity index (χ0n) is 12.4. The van der Waals surface area contributed by atoms with Gasteiger partial charge in [0.15, 0.2) is 0 Å². The van der Waals surface area contributed by atoms with Crippen LogP contribution >= 0.6 is 0 Å². The van der Waals surface area contributed by atoms with Gasteiger partial charge in [-0.15, -0.1) is 0 Å². The van der Waals surface area contributed by atoms with Gasteiger partial charge in [-0.1, -0.05) is 12.1 Å². The van der Waals surface area contributed by atoms with E-state index in [4.69, 9.17) is 0 Å². The van der Waals surface area contributed by atoms with Crippen LogP contribution in [0.1, 0.15) is 15.9 Å². The topological polar surface area (TPSA) is 75.3 Å². The molecule has 0 radical (unpaired) electrons. The Labute approximate surface area is 132 Å². The number of nitrogens with one attached hydrogen (secondary N) is 2. The number of hydrogen-bond acceptors (Lipinski definition) is 3. The van der Waals surface area contributed by atoms with E-state index in [0.29, 0.717) is 5.56 Å². The summed E-state index contributed by atoms with van der Waals surface area (Å²) in [6.45, 7) is 1.64. The maximum Gasteiger partial charge on any atom is 0.262 e. The fraction of sp³-hybridized carbons (Fsp3) is 0.133. The number of amides is 1. The Hall–Kier alpha value is -2.48. The van der Waals surface area contributed by atoms with Crippen LogP contribution in [-0.2, 0) is 10.0 Å². The molecule has 122 valence electrons. The molecule has 1 amide bonds. The van der Waals surface area contributed by atoms with Gasteiger partial charge in [-0.3, -0.25) is 9.52 Å². The predicted molar refractivity (Wildman–Crippen MR) is 81.7 cm³/mol. The molecule has 0 heterocycles. The second-order valence-electron chi connectivity index (χ2n) is 4.76. The van der Waals surface area contributed by atoms with Gasteiger partial charge in [0.05, 0.1) is 4.90 Å². The maximum absolute atomic E-state index is 13.6. The molecule has 0 unspecified atom stereocenters. The van der Waals surface area contributed by atoms with Gasteiger partial charge in [-0.05, 0) is 36.8 Å². The van der Waals surface area contributed by atoms with Crippen LogP contribution in [0.2, 0.25) is 0 Å². The van der Waals surface area contributed by atoms with E-state index >= 15 is 0 Å². The van der Waals surface area contributed by atoms with Crippen LogP contribution in [0.15, 0.2) is 41.3 Å². The maximum atomic E-state index is 13.6. The van der Waals surface area contributed by atoms with Crippen molar-refractivity contribution in [1.82, 2.24) is 5.32 Å². The van der Waals surface area contributed by atoms with Crippen molar-refractivity contribution in [3.05, 3.63) is 59.2 Å². The molecule has 2 aromatic carbocycles. The summed E-state index contributed by atoms with van der Waals surface area (Å²) in [5.41, 5.74) is -0.0423. The van der Waals surface area contributed by atoms with Crippen LogP contribution in [-0.4, -0.2) is 21.4 Å². The van der Waals surface area contributed by atoms with Gasteiger partial charge in [0, 0.05) is 12.6 Å². The van der Waals surface area contributed by atoms with Gasteiger partial charge < -0.3 is 5.32 Å². The van der Waals surface area contributed by atoms with Gasteiger partial charge in [-0.2, -0.15) is 0 Å². The molecule has 0 bridgehead atoms. The van der Waals surface area contributed by atoms with Crippen LogP contribution in [0.3, 0.4) is 0 Å². The van der Waals surface area contributed by atoms with E-state index in [1.165, 1.54) is 19.2 Å². The molecule has 5 nitrogen and oxygen atoms in total. The van der Waals surface area contributed by atoms with Crippen LogP contribution in [0.25, 0.3) is 0 Å². The highest BCUT2D eigenvalue weighted by atomic mass is 32.2. The molecule has 0 saturated carbocycles. The lowest BCUT2D eigenvalue weighted by Crippen LogP contribution is -2.21. The van der Waals surface area contributed by atoms with Crippen molar-refractivity contribution in [3.8, 4) is 0 Å². The zero-order chi connectivity index (χ0) is 17.2. The monoisotopic (exact) mass is 340 g/mol. The second kappa shape index (κ2) is 6.33. The molecule has 23 heavy (non-hydrogen) atoms. The Bertz CT molecular complexity index is 847. The van der Waals surface area contributed by atoms with Crippen molar-refractivity contribution in [2.24, 2.45) is 0 Å². The molecular weight excluding hydrogens is 326 g/mol. The number of rotatable bonds is 4. The molecular formula is C15H14F2N2O3S. The average molecular weight is 340 g/mol. The van der Waals surface area contributed by atoms with E-state index in [2.05, 4.69) is 5.32 Å². The van der Waals surface area contributed by atoms with Crippen LogP contribution in [0.5, 0.6) is 0 Å². The molecule has 0 fully saturated rings. The molecule has 8 heteroatoms. The van der Waals surface area contributed by atoms with E-state index in [-0.39, 0.29) is 10.5 Å². The van der Waals surface area contributed by atoms with Gasteiger partial charge in [0.25, 0.3) is 15.9 Å². The van der Waals surface area contributed by atoms with E-state index in [1.807, 2.05) is 4.72 Å². The Balaban J connectivity index is 2.46. The van der Waals surface area contributed by atoms with E-state index in [0.717, 1.165) is 24.3 Å². The summed E-state index contributed by atoms with van der Waals surface area (Å²) in [6, 6.07) is 6.84. The predicted octanol–water partition coefficient (Wildman–Crippen LogP) is 2.43. The normalized spacial score (nSPS) is 11.1. The lowest BCUT2D eigenvalue weighted by molar-refractivity contribution is 0.0962. The summed E-state index contributed by atoms with van der Waals surface area (Å²) in [5, 5.41) is 2.39. The Morgan fingerprint density at radius 3 is 2.26 bits per heavy atom. The van der Waals surface area contributed by atoms with Gasteiger partial charge in [0.1, 0.15) is 17.3 Å². The second-order valence-corrected chi connectivity index (χ2v) is 6.44. The highest BCUT2D eigenvalue weighted by molar-refractivity contribution is 7.92. The van der Waals surface area contributed by atoms with Crippen LogP contribution in [0, 0.1) is 18.6 Å². The first-order chi connectivity index (χ1) is 10.8. The van der Waals surface area contributed by atoms with Crippen LogP contribution < -0.4 is 10.0 Å². The molecule has 0 spiro atoms. The van der Waals surface area contributed by atoms with Gasteiger partial charge >= 0.3 is 0 Å².